The van der Waals surface area contributed by atoms with Crippen molar-refractivity contribution in [3.63, 3.8) is 0 Å². The average molecular weight is 585 g/mol. The topological polar surface area (TPSA) is 78.2 Å². The van der Waals surface area contributed by atoms with Crippen LogP contribution in [-0.4, -0.2) is 59.0 Å². The first-order valence-corrected chi connectivity index (χ1v) is 13.9. The van der Waals surface area contributed by atoms with E-state index in [2.05, 4.69) is 0 Å². The minimum absolute atomic E-state index is 0.0161. The van der Waals surface area contributed by atoms with Gasteiger partial charge in [-0.05, 0) is 37.5 Å². The number of halogens is 4. The van der Waals surface area contributed by atoms with Crippen LogP contribution < -0.4 is 15.3 Å². The summed E-state index contributed by atoms with van der Waals surface area (Å²) in [7, 11) is 0. The first-order valence-electron chi connectivity index (χ1n) is 13.9. The van der Waals surface area contributed by atoms with Crippen LogP contribution in [0, 0.1) is 17.6 Å². The van der Waals surface area contributed by atoms with Crippen molar-refractivity contribution in [2.24, 2.45) is 5.92 Å². The van der Waals surface area contributed by atoms with E-state index in [4.69, 9.17) is 4.74 Å². The standard InChI is InChI=1S/C30H28F4N4O4/c1-30(33,34)16-8-10-36-23(14-16)38(37-11-9-22(39)28(40)27(37)29(36)41)26-17-4-2-3-5-20(17)35-12-13-42-15-21(35)24-18(26)6-7-19(31)25(24)32/h2-7,9,11,16,21,23,26,40H,8,10,12-15H2,1H3. The van der Waals surface area contributed by atoms with Gasteiger partial charge in [0.1, 0.15) is 12.2 Å². The molecule has 0 saturated carbocycles. The Balaban J connectivity index is 1.54. The Morgan fingerprint density at radius 2 is 1.79 bits per heavy atom. The van der Waals surface area contributed by atoms with Crippen LogP contribution in [0.4, 0.5) is 23.2 Å². The van der Waals surface area contributed by atoms with Gasteiger partial charge >= 0.3 is 0 Å². The van der Waals surface area contributed by atoms with Crippen molar-refractivity contribution >= 4 is 11.6 Å². The van der Waals surface area contributed by atoms with Gasteiger partial charge in [-0.2, -0.15) is 0 Å². The fourth-order valence-corrected chi connectivity index (χ4v) is 7.10. The molecule has 0 aliphatic carbocycles. The maximum absolute atomic E-state index is 15.9. The van der Waals surface area contributed by atoms with Crippen LogP contribution in [0.5, 0.6) is 5.75 Å². The summed E-state index contributed by atoms with van der Waals surface area (Å²) in [5.41, 5.74) is 0.732. The predicted octanol–water partition coefficient (Wildman–Crippen LogP) is 4.30. The number of carbonyl (C=O) groups is 1. The van der Waals surface area contributed by atoms with Gasteiger partial charge in [-0.25, -0.2) is 17.6 Å². The number of alkyl halides is 2. The van der Waals surface area contributed by atoms with E-state index in [0.717, 1.165) is 24.7 Å². The molecule has 1 amide bonds. The summed E-state index contributed by atoms with van der Waals surface area (Å²) in [5.74, 6) is -7.63. The van der Waals surface area contributed by atoms with Gasteiger partial charge in [-0.15, -0.1) is 0 Å². The zero-order valence-corrected chi connectivity index (χ0v) is 22.6. The molecule has 5 heterocycles. The van der Waals surface area contributed by atoms with Crippen LogP contribution in [0.15, 0.2) is 53.5 Å². The van der Waals surface area contributed by atoms with Gasteiger partial charge in [0, 0.05) is 48.1 Å². The molecule has 4 atom stereocenters. The van der Waals surface area contributed by atoms with Gasteiger partial charge < -0.3 is 19.6 Å². The van der Waals surface area contributed by atoms with Crippen LogP contribution in [0.1, 0.15) is 59.0 Å². The number of morpholine rings is 1. The van der Waals surface area contributed by atoms with Gasteiger partial charge in [0.2, 0.25) is 11.4 Å². The lowest BCUT2D eigenvalue weighted by Gasteiger charge is -2.53. The Labute approximate surface area is 238 Å². The first kappa shape index (κ1) is 26.8. The molecule has 42 heavy (non-hydrogen) atoms. The van der Waals surface area contributed by atoms with Crippen LogP contribution in [0.3, 0.4) is 0 Å². The number of nitrogens with zero attached hydrogens (tertiary/aromatic N) is 4. The number of hydrogen-bond donors (Lipinski definition) is 1. The summed E-state index contributed by atoms with van der Waals surface area (Å²) in [6.07, 6.45) is 0.253. The highest BCUT2D eigenvalue weighted by molar-refractivity contribution is 5.96. The van der Waals surface area contributed by atoms with E-state index in [0.29, 0.717) is 24.3 Å². The lowest BCUT2D eigenvalue weighted by Crippen LogP contribution is -2.65. The van der Waals surface area contributed by atoms with E-state index < -0.39 is 58.8 Å². The molecule has 0 bridgehead atoms. The van der Waals surface area contributed by atoms with E-state index in [1.807, 2.05) is 23.1 Å². The monoisotopic (exact) mass is 584 g/mol. The molecule has 2 saturated heterocycles. The van der Waals surface area contributed by atoms with Crippen LogP contribution in [-0.2, 0) is 4.74 Å². The van der Waals surface area contributed by atoms with Gasteiger partial charge in [-0.1, -0.05) is 24.3 Å². The van der Waals surface area contributed by atoms with Crippen LogP contribution in [0.25, 0.3) is 0 Å². The molecule has 0 radical (unpaired) electrons. The molecule has 2 fully saturated rings. The van der Waals surface area contributed by atoms with Crippen molar-refractivity contribution in [1.29, 1.82) is 0 Å². The summed E-state index contributed by atoms with van der Waals surface area (Å²) in [6.45, 7) is 1.66. The van der Waals surface area contributed by atoms with E-state index in [9.17, 15) is 27.9 Å². The van der Waals surface area contributed by atoms with E-state index >= 15 is 4.39 Å². The third-order valence-electron chi connectivity index (χ3n) is 9.09. The molecule has 0 spiro atoms. The Hall–Kier alpha value is -4.06. The highest BCUT2D eigenvalue weighted by Crippen LogP contribution is 2.49. The fraction of sp³-hybridized carbons (Fsp3) is 0.400. The molecule has 4 aliphatic heterocycles. The van der Waals surface area contributed by atoms with Crippen molar-refractivity contribution in [2.75, 3.05) is 36.2 Å². The van der Waals surface area contributed by atoms with E-state index in [-0.39, 0.29) is 37.3 Å². The second-order valence-electron chi connectivity index (χ2n) is 11.4. The highest BCUT2D eigenvalue weighted by atomic mass is 19.3. The van der Waals surface area contributed by atoms with Gasteiger partial charge in [0.25, 0.3) is 5.91 Å². The number of carbonyl (C=O) groups excluding carboxylic acids is 1. The van der Waals surface area contributed by atoms with Crippen LogP contribution in [0.2, 0.25) is 0 Å². The molecule has 1 N–H and O–H groups in total. The van der Waals surface area contributed by atoms with Gasteiger partial charge in [-0.3, -0.25) is 19.3 Å². The number of amides is 1. The molecule has 1 aromatic heterocycles. The molecule has 3 aromatic rings. The lowest BCUT2D eigenvalue weighted by molar-refractivity contribution is -0.0744. The fourth-order valence-electron chi connectivity index (χ4n) is 7.10. The number of benzene rings is 2. The Bertz CT molecular complexity index is 1660. The number of ether oxygens (including phenoxy) is 1. The number of aromatic nitrogens is 1. The summed E-state index contributed by atoms with van der Waals surface area (Å²) >= 11 is 0. The SMILES string of the molecule is CC(F)(F)C1CCN2C(=O)c3c(O)c(=O)ccn3N(C3c4ccccc4N4CCOCC4c4c3ccc(F)c4F)C2C1. The number of rotatable bonds is 2. The molecule has 8 nitrogen and oxygen atoms in total. The Kier molecular flexibility index (Phi) is 6.05. The predicted molar refractivity (Wildman–Crippen MR) is 144 cm³/mol. The zero-order valence-electron chi connectivity index (χ0n) is 22.6. The van der Waals surface area contributed by atoms with Crippen LogP contribution >= 0.6 is 0 Å². The summed E-state index contributed by atoms with van der Waals surface area (Å²) < 4.78 is 67.4. The zero-order chi connectivity index (χ0) is 29.5. The first-order chi connectivity index (χ1) is 20.1. The quantitative estimate of drug-likeness (QED) is 0.453. The molecular formula is C30H28F4N4O4. The lowest BCUT2D eigenvalue weighted by atomic mass is 9.86. The van der Waals surface area contributed by atoms with Crippen molar-refractivity contribution < 1.29 is 32.2 Å². The molecule has 4 unspecified atom stereocenters. The number of para-hydroxylation sites is 1. The molecule has 2 aromatic carbocycles. The number of pyridine rings is 1. The normalized spacial score (nSPS) is 25.2. The third-order valence-corrected chi connectivity index (χ3v) is 9.09. The number of piperidine rings is 1. The van der Waals surface area contributed by atoms with Crippen molar-refractivity contribution in [3.05, 3.63) is 92.9 Å². The maximum Gasteiger partial charge on any atom is 0.278 e. The second-order valence-corrected chi connectivity index (χ2v) is 11.4. The van der Waals surface area contributed by atoms with E-state index in [1.165, 1.54) is 21.8 Å². The maximum atomic E-state index is 15.9. The number of hydrogen-bond acceptors (Lipinski definition) is 6. The summed E-state index contributed by atoms with van der Waals surface area (Å²) in [5, 5.41) is 12.5. The minimum atomic E-state index is -3.04. The summed E-state index contributed by atoms with van der Waals surface area (Å²) in [4.78, 5) is 29.6. The molecule has 12 heteroatoms. The Morgan fingerprint density at radius 3 is 2.57 bits per heavy atom. The number of fused-ring (bicyclic) bond motifs is 7. The minimum Gasteiger partial charge on any atom is -0.502 e. The smallest absolute Gasteiger partial charge is 0.278 e. The van der Waals surface area contributed by atoms with Crippen molar-refractivity contribution in [2.45, 2.75) is 43.9 Å². The second kappa shape index (κ2) is 9.48. The molecular weight excluding hydrogens is 556 g/mol. The van der Waals surface area contributed by atoms with E-state index in [1.54, 1.807) is 11.1 Å². The largest absolute Gasteiger partial charge is 0.502 e. The molecule has 220 valence electrons. The number of aromatic hydroxyl groups is 1. The summed E-state index contributed by atoms with van der Waals surface area (Å²) in [6, 6.07) is 9.31. The number of anilines is 1. The Morgan fingerprint density at radius 1 is 1.00 bits per heavy atom. The van der Waals surface area contributed by atoms with Crippen molar-refractivity contribution in [1.82, 2.24) is 9.58 Å². The molecule has 7 rings (SSSR count). The third kappa shape index (κ3) is 3.84. The highest BCUT2D eigenvalue weighted by Gasteiger charge is 2.51. The van der Waals surface area contributed by atoms with Gasteiger partial charge in [0.15, 0.2) is 23.1 Å². The average Bonchev–Trinajstić information content (AvgIpc) is 3.09. The van der Waals surface area contributed by atoms with Gasteiger partial charge in [0.05, 0.1) is 19.3 Å². The molecule has 4 aliphatic rings. The van der Waals surface area contributed by atoms with Crippen molar-refractivity contribution in [3.8, 4) is 5.75 Å².